The van der Waals surface area contributed by atoms with Gasteiger partial charge in [-0.15, -0.1) is 0 Å². The molecule has 144 valence electrons. The van der Waals surface area contributed by atoms with Crippen molar-refractivity contribution in [3.8, 4) is 0 Å². The highest BCUT2D eigenvalue weighted by molar-refractivity contribution is 5.69. The largest absolute Gasteiger partial charge is 0.463 e. The van der Waals surface area contributed by atoms with Gasteiger partial charge in [0, 0.05) is 6.42 Å². The van der Waals surface area contributed by atoms with Crippen LogP contribution in [0.1, 0.15) is 77.6 Å². The second-order valence-electron chi connectivity index (χ2n) is 6.10. The van der Waals surface area contributed by atoms with Gasteiger partial charge in [-0.1, -0.05) is 64.7 Å². The van der Waals surface area contributed by atoms with E-state index in [2.05, 4.69) is 6.92 Å². The number of unbranched alkanes of at least 4 members (excludes halogenated alkanes) is 9. The van der Waals surface area contributed by atoms with Crippen LogP contribution in [0.4, 0.5) is 0 Å². The number of aliphatic hydroxyl groups is 1. The summed E-state index contributed by atoms with van der Waals surface area (Å²) in [5.41, 5.74) is 0. The molecule has 0 rings (SSSR count). The number of hydrogen-bond acceptors (Lipinski definition) is 5. The van der Waals surface area contributed by atoms with Crippen LogP contribution in [0.3, 0.4) is 0 Å². The summed E-state index contributed by atoms with van der Waals surface area (Å²) in [6.07, 6.45) is 13.2. The number of carbonyl (C=O) groups is 1. The summed E-state index contributed by atoms with van der Waals surface area (Å²) < 4.78 is 15.4. The zero-order valence-electron chi connectivity index (χ0n) is 15.6. The lowest BCUT2D eigenvalue weighted by atomic mass is 10.1. The highest BCUT2D eigenvalue weighted by Crippen LogP contribution is 2.11. The van der Waals surface area contributed by atoms with Crippen LogP contribution >= 0.6 is 0 Å². The first-order chi connectivity index (χ1) is 11.8. The molecule has 0 amide bonds. The summed E-state index contributed by atoms with van der Waals surface area (Å²) in [6.45, 7) is 4.20. The minimum absolute atomic E-state index is 0.0244. The highest BCUT2D eigenvalue weighted by Gasteiger charge is 2.02. The van der Waals surface area contributed by atoms with Crippen LogP contribution in [0.5, 0.6) is 0 Å². The van der Waals surface area contributed by atoms with Gasteiger partial charge in [-0.05, 0) is 6.42 Å². The summed E-state index contributed by atoms with van der Waals surface area (Å²) in [5.74, 6) is -0.130. The smallest absolute Gasteiger partial charge is 0.305 e. The van der Waals surface area contributed by atoms with Crippen molar-refractivity contribution in [2.45, 2.75) is 77.6 Å². The lowest BCUT2D eigenvalue weighted by Gasteiger charge is -2.06. The van der Waals surface area contributed by atoms with Gasteiger partial charge >= 0.3 is 5.97 Å². The van der Waals surface area contributed by atoms with Crippen LogP contribution in [0.2, 0.25) is 0 Å². The van der Waals surface area contributed by atoms with Gasteiger partial charge in [0.25, 0.3) is 0 Å². The minimum Gasteiger partial charge on any atom is -0.463 e. The molecular weight excluding hydrogens is 308 g/mol. The topological polar surface area (TPSA) is 65.0 Å². The predicted octanol–water partition coefficient (Wildman–Crippen LogP) is 3.87. The molecular formula is C19H38O5. The van der Waals surface area contributed by atoms with Crippen LogP contribution in [0, 0.1) is 0 Å². The lowest BCUT2D eigenvalue weighted by molar-refractivity contribution is -0.145. The molecule has 0 bridgehead atoms. The van der Waals surface area contributed by atoms with Gasteiger partial charge in [-0.3, -0.25) is 4.79 Å². The fraction of sp³-hybridized carbons (Fsp3) is 0.947. The molecule has 0 spiro atoms. The molecule has 0 aromatic rings. The normalized spacial score (nSPS) is 10.9. The standard InChI is InChI=1S/C19H38O5/c1-2-3-4-5-6-7-8-9-10-11-12-19(21)24-18-17-23-16-15-22-14-13-20/h20H,2-18H2,1H3. The summed E-state index contributed by atoms with van der Waals surface area (Å²) in [4.78, 5) is 11.5. The number of carbonyl (C=O) groups excluding carboxylic acids is 1. The summed E-state index contributed by atoms with van der Waals surface area (Å²) in [7, 11) is 0. The molecule has 0 radical (unpaired) electrons. The Kier molecular flexibility index (Phi) is 19.8. The zero-order valence-corrected chi connectivity index (χ0v) is 15.6. The quantitative estimate of drug-likeness (QED) is 0.284. The van der Waals surface area contributed by atoms with Crippen molar-refractivity contribution in [3.05, 3.63) is 0 Å². The number of esters is 1. The molecule has 0 aliphatic heterocycles. The average Bonchev–Trinajstić information content (AvgIpc) is 2.59. The van der Waals surface area contributed by atoms with Crippen molar-refractivity contribution in [2.24, 2.45) is 0 Å². The number of ether oxygens (including phenoxy) is 3. The first-order valence-electron chi connectivity index (χ1n) is 9.73. The van der Waals surface area contributed by atoms with Crippen molar-refractivity contribution in [1.29, 1.82) is 0 Å². The fourth-order valence-electron chi connectivity index (χ4n) is 2.43. The Morgan fingerprint density at radius 2 is 1.21 bits per heavy atom. The van der Waals surface area contributed by atoms with E-state index in [1.54, 1.807) is 0 Å². The van der Waals surface area contributed by atoms with E-state index >= 15 is 0 Å². The van der Waals surface area contributed by atoms with Gasteiger partial charge in [0.1, 0.15) is 6.61 Å². The maximum absolute atomic E-state index is 11.5. The van der Waals surface area contributed by atoms with Crippen molar-refractivity contribution >= 4 is 5.97 Å². The van der Waals surface area contributed by atoms with E-state index in [9.17, 15) is 4.79 Å². The van der Waals surface area contributed by atoms with Gasteiger partial charge in [0.15, 0.2) is 0 Å². The fourth-order valence-corrected chi connectivity index (χ4v) is 2.43. The van der Waals surface area contributed by atoms with E-state index in [0.29, 0.717) is 39.5 Å². The van der Waals surface area contributed by atoms with E-state index in [-0.39, 0.29) is 12.6 Å². The Bertz CT molecular complexity index is 258. The molecule has 0 saturated heterocycles. The van der Waals surface area contributed by atoms with E-state index in [1.165, 1.54) is 51.4 Å². The van der Waals surface area contributed by atoms with Crippen LogP contribution in [0.15, 0.2) is 0 Å². The molecule has 1 N–H and O–H groups in total. The van der Waals surface area contributed by atoms with Gasteiger partial charge in [0.05, 0.1) is 33.0 Å². The average molecular weight is 347 g/mol. The Morgan fingerprint density at radius 3 is 1.79 bits per heavy atom. The zero-order chi connectivity index (χ0) is 17.7. The third-order valence-corrected chi connectivity index (χ3v) is 3.83. The van der Waals surface area contributed by atoms with Crippen LogP contribution < -0.4 is 0 Å². The Morgan fingerprint density at radius 1 is 0.708 bits per heavy atom. The van der Waals surface area contributed by atoms with Gasteiger partial charge < -0.3 is 19.3 Å². The Balaban J connectivity index is 3.13. The number of hydrogen-bond donors (Lipinski definition) is 1. The molecule has 0 atom stereocenters. The van der Waals surface area contributed by atoms with Gasteiger partial charge in [-0.25, -0.2) is 0 Å². The molecule has 0 aromatic carbocycles. The molecule has 5 heteroatoms. The first-order valence-corrected chi connectivity index (χ1v) is 9.73. The van der Waals surface area contributed by atoms with Gasteiger partial charge in [-0.2, -0.15) is 0 Å². The van der Waals surface area contributed by atoms with E-state index < -0.39 is 0 Å². The predicted molar refractivity (Wildman–Crippen MR) is 96.1 cm³/mol. The van der Waals surface area contributed by atoms with Crippen LogP contribution in [0.25, 0.3) is 0 Å². The van der Waals surface area contributed by atoms with Crippen molar-refractivity contribution in [2.75, 3.05) is 39.6 Å². The third-order valence-electron chi connectivity index (χ3n) is 3.83. The lowest BCUT2D eigenvalue weighted by Crippen LogP contribution is -2.13. The second-order valence-corrected chi connectivity index (χ2v) is 6.10. The van der Waals surface area contributed by atoms with E-state index in [1.807, 2.05) is 0 Å². The molecule has 0 aromatic heterocycles. The van der Waals surface area contributed by atoms with Crippen molar-refractivity contribution < 1.29 is 24.1 Å². The number of aliphatic hydroxyl groups excluding tert-OH is 1. The van der Waals surface area contributed by atoms with E-state index in [4.69, 9.17) is 19.3 Å². The Hall–Kier alpha value is -0.650. The molecule has 0 aliphatic carbocycles. The summed E-state index contributed by atoms with van der Waals surface area (Å²) in [5, 5.41) is 8.52. The molecule has 0 aliphatic rings. The summed E-state index contributed by atoms with van der Waals surface area (Å²) >= 11 is 0. The summed E-state index contributed by atoms with van der Waals surface area (Å²) in [6, 6.07) is 0. The molecule has 0 saturated carbocycles. The highest BCUT2D eigenvalue weighted by atomic mass is 16.6. The number of rotatable bonds is 19. The van der Waals surface area contributed by atoms with Crippen molar-refractivity contribution in [3.63, 3.8) is 0 Å². The third kappa shape index (κ3) is 19.4. The van der Waals surface area contributed by atoms with Crippen LogP contribution in [-0.4, -0.2) is 50.7 Å². The van der Waals surface area contributed by atoms with E-state index in [0.717, 1.165) is 12.8 Å². The monoisotopic (exact) mass is 346 g/mol. The first kappa shape index (κ1) is 23.4. The maximum atomic E-state index is 11.5. The SMILES string of the molecule is CCCCCCCCCCCCC(=O)OCCOCCOCCO. The van der Waals surface area contributed by atoms with Crippen LogP contribution in [-0.2, 0) is 19.0 Å². The van der Waals surface area contributed by atoms with Crippen molar-refractivity contribution in [1.82, 2.24) is 0 Å². The Labute approximate surface area is 148 Å². The second kappa shape index (κ2) is 20.4. The molecule has 0 unspecified atom stereocenters. The molecule has 5 nitrogen and oxygen atoms in total. The maximum Gasteiger partial charge on any atom is 0.305 e. The minimum atomic E-state index is -0.130. The molecule has 0 heterocycles. The van der Waals surface area contributed by atoms with Gasteiger partial charge in [0.2, 0.25) is 0 Å². The molecule has 24 heavy (non-hydrogen) atoms. The molecule has 0 fully saturated rings.